The Hall–Kier alpha value is -1.56. The van der Waals surface area contributed by atoms with E-state index in [4.69, 9.17) is 11.5 Å². The number of anilines is 2. The lowest BCUT2D eigenvalue weighted by atomic mass is 10.1. The number of aromatic amines is 1. The number of hydrogen-bond acceptors (Lipinski definition) is 5. The summed E-state index contributed by atoms with van der Waals surface area (Å²) in [7, 11) is 0. The SMILES string of the molecule is Nc1nc(N2CCCC(N)C2)cc(=O)[nH]1. The molecule has 1 fully saturated rings. The molecular formula is C9H15N5O. The van der Waals surface area contributed by atoms with Crippen LogP contribution in [-0.2, 0) is 0 Å². The Morgan fingerprint density at radius 2 is 2.40 bits per heavy atom. The number of hydrogen-bond donors (Lipinski definition) is 3. The van der Waals surface area contributed by atoms with Crippen LogP contribution in [0.4, 0.5) is 11.8 Å². The lowest BCUT2D eigenvalue weighted by molar-refractivity contribution is 0.503. The summed E-state index contributed by atoms with van der Waals surface area (Å²) in [5, 5.41) is 0. The minimum Gasteiger partial charge on any atom is -0.369 e. The number of H-pyrrole nitrogens is 1. The van der Waals surface area contributed by atoms with Gasteiger partial charge in [-0.3, -0.25) is 9.78 Å². The summed E-state index contributed by atoms with van der Waals surface area (Å²) in [4.78, 5) is 19.7. The van der Waals surface area contributed by atoms with E-state index >= 15 is 0 Å². The molecule has 6 nitrogen and oxygen atoms in total. The van der Waals surface area contributed by atoms with Crippen molar-refractivity contribution < 1.29 is 0 Å². The fourth-order valence-corrected chi connectivity index (χ4v) is 1.84. The molecule has 15 heavy (non-hydrogen) atoms. The van der Waals surface area contributed by atoms with Crippen molar-refractivity contribution in [3.63, 3.8) is 0 Å². The van der Waals surface area contributed by atoms with Crippen LogP contribution >= 0.6 is 0 Å². The van der Waals surface area contributed by atoms with Gasteiger partial charge in [-0.05, 0) is 12.8 Å². The first kappa shape index (κ1) is 9.97. The van der Waals surface area contributed by atoms with Gasteiger partial charge in [0, 0.05) is 25.2 Å². The molecule has 0 bridgehead atoms. The third-order valence-electron chi connectivity index (χ3n) is 2.53. The fourth-order valence-electron chi connectivity index (χ4n) is 1.84. The molecule has 0 amide bonds. The van der Waals surface area contributed by atoms with Crippen LogP contribution in [0.2, 0.25) is 0 Å². The van der Waals surface area contributed by atoms with Gasteiger partial charge in [-0.25, -0.2) is 0 Å². The van der Waals surface area contributed by atoms with Crippen molar-refractivity contribution >= 4 is 11.8 Å². The zero-order valence-electron chi connectivity index (χ0n) is 8.44. The molecule has 1 saturated heterocycles. The molecule has 82 valence electrons. The molecule has 0 spiro atoms. The second kappa shape index (κ2) is 3.90. The summed E-state index contributed by atoms with van der Waals surface area (Å²) >= 11 is 0. The summed E-state index contributed by atoms with van der Waals surface area (Å²) < 4.78 is 0. The topological polar surface area (TPSA) is 101 Å². The summed E-state index contributed by atoms with van der Waals surface area (Å²) in [5.41, 5.74) is 11.1. The number of aromatic nitrogens is 2. The van der Waals surface area contributed by atoms with Gasteiger partial charge >= 0.3 is 0 Å². The molecule has 2 heterocycles. The third-order valence-corrected chi connectivity index (χ3v) is 2.53. The number of nitrogens with zero attached hydrogens (tertiary/aromatic N) is 2. The number of nitrogen functional groups attached to an aromatic ring is 1. The quantitative estimate of drug-likeness (QED) is 0.566. The molecule has 1 aliphatic heterocycles. The molecule has 2 rings (SSSR count). The van der Waals surface area contributed by atoms with E-state index in [-0.39, 0.29) is 17.5 Å². The molecule has 1 atom stereocenters. The monoisotopic (exact) mass is 209 g/mol. The third kappa shape index (κ3) is 2.27. The van der Waals surface area contributed by atoms with Crippen molar-refractivity contribution in [2.45, 2.75) is 18.9 Å². The maximum absolute atomic E-state index is 11.2. The second-order valence-electron chi connectivity index (χ2n) is 3.84. The van der Waals surface area contributed by atoms with Gasteiger partial charge in [0.05, 0.1) is 0 Å². The zero-order chi connectivity index (χ0) is 10.8. The summed E-state index contributed by atoms with van der Waals surface area (Å²) in [6, 6.07) is 1.61. The Labute approximate surface area is 87.3 Å². The van der Waals surface area contributed by atoms with Gasteiger partial charge in [0.15, 0.2) is 0 Å². The predicted octanol–water partition coefficient (Wildman–Crippen LogP) is -0.720. The van der Waals surface area contributed by atoms with E-state index in [0.717, 1.165) is 25.9 Å². The average molecular weight is 209 g/mol. The minimum absolute atomic E-state index is 0.150. The fraction of sp³-hybridized carbons (Fsp3) is 0.556. The molecule has 1 aliphatic rings. The van der Waals surface area contributed by atoms with E-state index in [0.29, 0.717) is 5.82 Å². The van der Waals surface area contributed by atoms with E-state index in [1.807, 2.05) is 4.90 Å². The van der Waals surface area contributed by atoms with Crippen LogP contribution in [0.1, 0.15) is 12.8 Å². The van der Waals surface area contributed by atoms with Gasteiger partial charge in [0.2, 0.25) is 5.95 Å². The van der Waals surface area contributed by atoms with Crippen molar-refractivity contribution in [1.82, 2.24) is 9.97 Å². The highest BCUT2D eigenvalue weighted by Gasteiger charge is 2.18. The van der Waals surface area contributed by atoms with Gasteiger partial charge in [0.1, 0.15) is 5.82 Å². The summed E-state index contributed by atoms with van der Waals surface area (Å²) in [6.45, 7) is 1.61. The Balaban J connectivity index is 2.24. The molecule has 5 N–H and O–H groups in total. The van der Waals surface area contributed by atoms with Gasteiger partial charge in [0.25, 0.3) is 5.56 Å². The first-order chi connectivity index (χ1) is 7.15. The number of rotatable bonds is 1. The van der Waals surface area contributed by atoms with Crippen LogP contribution < -0.4 is 21.9 Å². The predicted molar refractivity (Wildman–Crippen MR) is 58.7 cm³/mol. The van der Waals surface area contributed by atoms with Crippen LogP contribution in [-0.4, -0.2) is 29.1 Å². The van der Waals surface area contributed by atoms with E-state index in [1.54, 1.807) is 0 Å². The average Bonchev–Trinajstić information content (AvgIpc) is 2.16. The Morgan fingerprint density at radius 1 is 1.60 bits per heavy atom. The van der Waals surface area contributed by atoms with Crippen molar-refractivity contribution in [2.24, 2.45) is 5.73 Å². The number of nitrogens with two attached hydrogens (primary N) is 2. The normalized spacial score (nSPS) is 21.7. The van der Waals surface area contributed by atoms with Crippen LogP contribution in [0, 0.1) is 0 Å². The van der Waals surface area contributed by atoms with Gasteiger partial charge in [-0.15, -0.1) is 0 Å². The van der Waals surface area contributed by atoms with Crippen LogP contribution in [0.15, 0.2) is 10.9 Å². The molecule has 0 aromatic carbocycles. The van der Waals surface area contributed by atoms with Crippen LogP contribution in [0.3, 0.4) is 0 Å². The highest BCUT2D eigenvalue weighted by Crippen LogP contribution is 2.15. The standard InChI is InChI=1S/C9H15N5O/c10-6-2-1-3-14(5-6)7-4-8(15)13-9(11)12-7/h4,6H,1-3,5,10H2,(H3,11,12,13,15). The van der Waals surface area contributed by atoms with Gasteiger partial charge in [-0.2, -0.15) is 4.98 Å². The van der Waals surface area contributed by atoms with Crippen LogP contribution in [0.5, 0.6) is 0 Å². The Morgan fingerprint density at radius 3 is 3.07 bits per heavy atom. The molecule has 0 saturated carbocycles. The minimum atomic E-state index is -0.225. The largest absolute Gasteiger partial charge is 0.369 e. The smallest absolute Gasteiger partial charge is 0.254 e. The van der Waals surface area contributed by atoms with E-state index in [1.165, 1.54) is 6.07 Å². The molecule has 6 heteroatoms. The van der Waals surface area contributed by atoms with Crippen molar-refractivity contribution in [3.8, 4) is 0 Å². The molecule has 0 aliphatic carbocycles. The highest BCUT2D eigenvalue weighted by atomic mass is 16.1. The zero-order valence-corrected chi connectivity index (χ0v) is 8.44. The van der Waals surface area contributed by atoms with Crippen molar-refractivity contribution in [2.75, 3.05) is 23.7 Å². The Kier molecular flexibility index (Phi) is 2.59. The second-order valence-corrected chi connectivity index (χ2v) is 3.84. The lowest BCUT2D eigenvalue weighted by Gasteiger charge is -2.31. The number of nitrogens with one attached hydrogen (secondary N) is 1. The molecule has 1 aromatic heterocycles. The molecule has 1 aromatic rings. The highest BCUT2D eigenvalue weighted by molar-refractivity contribution is 5.41. The van der Waals surface area contributed by atoms with E-state index < -0.39 is 0 Å². The van der Waals surface area contributed by atoms with Gasteiger partial charge < -0.3 is 16.4 Å². The summed E-state index contributed by atoms with van der Waals surface area (Å²) in [5.74, 6) is 0.767. The molecule has 0 radical (unpaired) electrons. The Bertz CT molecular complexity index is 402. The van der Waals surface area contributed by atoms with Crippen molar-refractivity contribution in [3.05, 3.63) is 16.4 Å². The maximum Gasteiger partial charge on any atom is 0.254 e. The summed E-state index contributed by atoms with van der Waals surface area (Å²) in [6.07, 6.45) is 2.05. The number of piperidine rings is 1. The van der Waals surface area contributed by atoms with Gasteiger partial charge in [-0.1, -0.05) is 0 Å². The van der Waals surface area contributed by atoms with Crippen LogP contribution in [0.25, 0.3) is 0 Å². The van der Waals surface area contributed by atoms with E-state index in [9.17, 15) is 4.79 Å². The molecule has 1 unspecified atom stereocenters. The first-order valence-corrected chi connectivity index (χ1v) is 5.02. The first-order valence-electron chi connectivity index (χ1n) is 5.02. The maximum atomic E-state index is 11.2. The van der Waals surface area contributed by atoms with Crippen molar-refractivity contribution in [1.29, 1.82) is 0 Å². The lowest BCUT2D eigenvalue weighted by Crippen LogP contribution is -2.43. The molecular weight excluding hydrogens is 194 g/mol. The van der Waals surface area contributed by atoms with E-state index in [2.05, 4.69) is 9.97 Å².